The molecule has 0 aromatic carbocycles. The number of hydrogen-bond donors (Lipinski definition) is 1. The lowest BCUT2D eigenvalue weighted by Crippen LogP contribution is -2.30. The smallest absolute Gasteiger partial charge is 0.258 e. The summed E-state index contributed by atoms with van der Waals surface area (Å²) in [6.45, 7) is 8.74. The third-order valence-electron chi connectivity index (χ3n) is 4.20. The van der Waals surface area contributed by atoms with Gasteiger partial charge in [-0.3, -0.25) is 9.69 Å². The van der Waals surface area contributed by atoms with Crippen molar-refractivity contribution in [1.29, 1.82) is 0 Å². The van der Waals surface area contributed by atoms with Crippen LogP contribution in [0.3, 0.4) is 0 Å². The summed E-state index contributed by atoms with van der Waals surface area (Å²) in [5.41, 5.74) is 6.40. The predicted molar refractivity (Wildman–Crippen MR) is 90.1 cm³/mol. The second kappa shape index (κ2) is 6.73. The summed E-state index contributed by atoms with van der Waals surface area (Å²) < 4.78 is 0. The second-order valence-electron chi connectivity index (χ2n) is 5.74. The van der Waals surface area contributed by atoms with Crippen LogP contribution in [-0.4, -0.2) is 53.4 Å². The van der Waals surface area contributed by atoms with Crippen molar-refractivity contribution in [2.45, 2.75) is 19.9 Å². The van der Waals surface area contributed by atoms with Gasteiger partial charge < -0.3 is 10.6 Å². The Morgan fingerprint density at radius 3 is 2.82 bits per heavy atom. The molecule has 3 rings (SSSR count). The zero-order valence-corrected chi connectivity index (χ0v) is 13.7. The van der Waals surface area contributed by atoms with Crippen LogP contribution in [0.15, 0.2) is 18.2 Å². The van der Waals surface area contributed by atoms with Gasteiger partial charge in [-0.15, -0.1) is 11.3 Å². The SMILES string of the molecule is CCN1CCCN(Cc2ccc3cc(C(N)=O)sc3n2)CC1. The van der Waals surface area contributed by atoms with E-state index in [0.29, 0.717) is 4.88 Å². The highest BCUT2D eigenvalue weighted by molar-refractivity contribution is 7.20. The molecule has 1 saturated heterocycles. The van der Waals surface area contributed by atoms with E-state index in [-0.39, 0.29) is 5.91 Å². The molecule has 5 nitrogen and oxygen atoms in total. The van der Waals surface area contributed by atoms with Gasteiger partial charge in [0.2, 0.25) is 0 Å². The van der Waals surface area contributed by atoms with Gasteiger partial charge in [0, 0.05) is 25.0 Å². The van der Waals surface area contributed by atoms with Gasteiger partial charge in [-0.25, -0.2) is 4.98 Å². The number of pyridine rings is 1. The maximum atomic E-state index is 11.3. The van der Waals surface area contributed by atoms with Crippen LogP contribution in [0, 0.1) is 0 Å². The number of hydrogen-bond acceptors (Lipinski definition) is 5. The molecule has 1 amide bonds. The number of amides is 1. The first-order valence-electron chi connectivity index (χ1n) is 7.79. The van der Waals surface area contributed by atoms with Crippen LogP contribution in [0.5, 0.6) is 0 Å². The van der Waals surface area contributed by atoms with E-state index in [4.69, 9.17) is 10.7 Å². The molecular formula is C16H22N4OS. The minimum atomic E-state index is -0.378. The Morgan fingerprint density at radius 1 is 1.27 bits per heavy atom. The van der Waals surface area contributed by atoms with E-state index in [1.54, 1.807) is 0 Å². The van der Waals surface area contributed by atoms with Gasteiger partial charge in [0.25, 0.3) is 5.91 Å². The van der Waals surface area contributed by atoms with Crippen LogP contribution in [0.4, 0.5) is 0 Å². The molecule has 118 valence electrons. The van der Waals surface area contributed by atoms with E-state index in [1.165, 1.54) is 24.3 Å². The fourth-order valence-electron chi connectivity index (χ4n) is 2.89. The number of thiophene rings is 1. The standard InChI is InChI=1S/C16H22N4OS/c1-2-19-6-3-7-20(9-8-19)11-13-5-4-12-10-14(15(17)21)22-16(12)18-13/h4-5,10H,2-3,6-9,11H2,1H3,(H2,17,21). The minimum absolute atomic E-state index is 0.378. The van der Waals surface area contributed by atoms with Crippen molar-refractivity contribution in [2.75, 3.05) is 32.7 Å². The van der Waals surface area contributed by atoms with Gasteiger partial charge in [0.15, 0.2) is 0 Å². The summed E-state index contributed by atoms with van der Waals surface area (Å²) in [7, 11) is 0. The Bertz CT molecular complexity index is 669. The number of primary amides is 1. The molecule has 1 aliphatic rings. The van der Waals surface area contributed by atoms with Gasteiger partial charge >= 0.3 is 0 Å². The number of fused-ring (bicyclic) bond motifs is 1. The molecule has 0 bridgehead atoms. The third kappa shape index (κ3) is 3.45. The molecule has 2 aromatic rings. The van der Waals surface area contributed by atoms with Crippen LogP contribution in [0.1, 0.15) is 28.7 Å². The molecule has 0 unspecified atom stereocenters. The summed E-state index contributed by atoms with van der Waals surface area (Å²) in [4.78, 5) is 22.4. The number of carbonyl (C=O) groups excluding carboxylic acids is 1. The maximum absolute atomic E-state index is 11.3. The summed E-state index contributed by atoms with van der Waals surface area (Å²) in [5.74, 6) is -0.378. The quantitative estimate of drug-likeness (QED) is 0.935. The first-order valence-corrected chi connectivity index (χ1v) is 8.61. The fraction of sp³-hybridized carbons (Fsp3) is 0.500. The lowest BCUT2D eigenvalue weighted by molar-refractivity contribution is 0.100. The van der Waals surface area contributed by atoms with E-state index in [0.717, 1.165) is 48.6 Å². The fourth-order valence-corrected chi connectivity index (χ4v) is 3.80. The van der Waals surface area contributed by atoms with Gasteiger partial charge in [0.1, 0.15) is 4.83 Å². The van der Waals surface area contributed by atoms with Crippen molar-refractivity contribution in [3.05, 3.63) is 28.8 Å². The van der Waals surface area contributed by atoms with Gasteiger partial charge in [-0.05, 0) is 38.2 Å². The number of likely N-dealkylation sites (N-methyl/N-ethyl adjacent to an activating group) is 1. The van der Waals surface area contributed by atoms with Gasteiger partial charge in [-0.2, -0.15) is 0 Å². The van der Waals surface area contributed by atoms with E-state index >= 15 is 0 Å². The number of nitrogens with two attached hydrogens (primary N) is 1. The second-order valence-corrected chi connectivity index (χ2v) is 6.77. The maximum Gasteiger partial charge on any atom is 0.258 e. The molecule has 0 saturated carbocycles. The van der Waals surface area contributed by atoms with Crippen LogP contribution in [0.2, 0.25) is 0 Å². The molecule has 22 heavy (non-hydrogen) atoms. The molecule has 0 aliphatic carbocycles. The monoisotopic (exact) mass is 318 g/mol. The van der Waals surface area contributed by atoms with Crippen molar-refractivity contribution in [3.63, 3.8) is 0 Å². The average Bonchev–Trinajstić information content (AvgIpc) is 2.80. The minimum Gasteiger partial charge on any atom is -0.365 e. The normalized spacial score (nSPS) is 17.7. The van der Waals surface area contributed by atoms with Crippen molar-refractivity contribution in [3.8, 4) is 0 Å². The Hall–Kier alpha value is -1.50. The molecule has 1 aliphatic heterocycles. The molecular weight excluding hydrogens is 296 g/mol. The molecule has 0 atom stereocenters. The van der Waals surface area contributed by atoms with Crippen molar-refractivity contribution >= 4 is 27.5 Å². The summed E-state index contributed by atoms with van der Waals surface area (Å²) in [6.07, 6.45) is 1.21. The Balaban J connectivity index is 1.72. The van der Waals surface area contributed by atoms with E-state index in [2.05, 4.69) is 22.8 Å². The zero-order valence-electron chi connectivity index (χ0n) is 12.9. The van der Waals surface area contributed by atoms with Crippen LogP contribution >= 0.6 is 11.3 Å². The Kier molecular flexibility index (Phi) is 4.71. The summed E-state index contributed by atoms with van der Waals surface area (Å²) in [5, 5.41) is 0.996. The molecule has 2 N–H and O–H groups in total. The summed E-state index contributed by atoms with van der Waals surface area (Å²) in [6, 6.07) is 5.92. The highest BCUT2D eigenvalue weighted by atomic mass is 32.1. The third-order valence-corrected chi connectivity index (χ3v) is 5.26. The van der Waals surface area contributed by atoms with Gasteiger partial charge in [-0.1, -0.05) is 13.0 Å². The van der Waals surface area contributed by atoms with Crippen molar-refractivity contribution in [1.82, 2.24) is 14.8 Å². The zero-order chi connectivity index (χ0) is 15.5. The van der Waals surface area contributed by atoms with E-state index in [1.807, 2.05) is 12.1 Å². The average molecular weight is 318 g/mol. The highest BCUT2D eigenvalue weighted by Crippen LogP contribution is 2.24. The number of rotatable bonds is 4. The summed E-state index contributed by atoms with van der Waals surface area (Å²) >= 11 is 1.38. The Morgan fingerprint density at radius 2 is 2.05 bits per heavy atom. The highest BCUT2D eigenvalue weighted by Gasteiger charge is 2.15. The van der Waals surface area contributed by atoms with E-state index in [9.17, 15) is 4.79 Å². The molecule has 1 fully saturated rings. The molecule has 2 aromatic heterocycles. The van der Waals surface area contributed by atoms with Crippen LogP contribution < -0.4 is 5.73 Å². The molecule has 6 heteroatoms. The molecule has 0 spiro atoms. The first kappa shape index (κ1) is 15.4. The van der Waals surface area contributed by atoms with E-state index < -0.39 is 0 Å². The van der Waals surface area contributed by atoms with Crippen LogP contribution in [0.25, 0.3) is 10.2 Å². The molecule has 0 radical (unpaired) electrons. The lowest BCUT2D eigenvalue weighted by Gasteiger charge is -2.20. The van der Waals surface area contributed by atoms with Crippen molar-refractivity contribution < 1.29 is 4.79 Å². The first-order chi connectivity index (χ1) is 10.7. The topological polar surface area (TPSA) is 62.5 Å². The Labute approximate surface area is 134 Å². The van der Waals surface area contributed by atoms with Gasteiger partial charge in [0.05, 0.1) is 10.6 Å². The number of nitrogens with zero attached hydrogens (tertiary/aromatic N) is 3. The largest absolute Gasteiger partial charge is 0.365 e. The van der Waals surface area contributed by atoms with Crippen molar-refractivity contribution in [2.24, 2.45) is 5.73 Å². The lowest BCUT2D eigenvalue weighted by atomic mass is 10.2. The molecule has 3 heterocycles. The predicted octanol–water partition coefficient (Wildman–Crippen LogP) is 1.92. The number of aromatic nitrogens is 1. The number of carbonyl (C=O) groups is 1. The van der Waals surface area contributed by atoms with Crippen LogP contribution in [-0.2, 0) is 6.54 Å².